The highest BCUT2D eigenvalue weighted by Crippen LogP contribution is 2.19. The van der Waals surface area contributed by atoms with Gasteiger partial charge < -0.3 is 10.1 Å². The monoisotopic (exact) mass is 311 g/mol. The molecule has 0 fully saturated rings. The first-order valence-corrected chi connectivity index (χ1v) is 7.93. The fraction of sp³-hybridized carbons (Fsp3) is 0.350. The Bertz CT molecular complexity index is 687. The molecule has 1 amide bonds. The molecule has 3 heteroatoms. The van der Waals surface area contributed by atoms with E-state index in [9.17, 15) is 4.79 Å². The molecule has 0 radical (unpaired) electrons. The molecule has 0 aromatic heterocycles. The number of benzene rings is 2. The number of rotatable bonds is 5. The molecule has 1 N–H and O–H groups in total. The largest absolute Gasteiger partial charge is 0.484 e. The second-order valence-electron chi connectivity index (χ2n) is 6.26. The lowest BCUT2D eigenvalue weighted by molar-refractivity contribution is -0.123. The van der Waals surface area contributed by atoms with Crippen molar-refractivity contribution < 1.29 is 9.53 Å². The normalized spacial score (nSPS) is 11.9. The van der Waals surface area contributed by atoms with Crippen molar-refractivity contribution in [3.63, 3.8) is 0 Å². The predicted molar refractivity (Wildman–Crippen MR) is 93.9 cm³/mol. The summed E-state index contributed by atoms with van der Waals surface area (Å²) in [5.74, 6) is 0.620. The van der Waals surface area contributed by atoms with Crippen LogP contribution in [0.25, 0.3) is 0 Å². The first kappa shape index (κ1) is 17.1. The van der Waals surface area contributed by atoms with Gasteiger partial charge in [0, 0.05) is 0 Å². The van der Waals surface area contributed by atoms with Gasteiger partial charge in [0.1, 0.15) is 5.75 Å². The highest BCUT2D eigenvalue weighted by atomic mass is 16.5. The number of amides is 1. The topological polar surface area (TPSA) is 38.3 Å². The second kappa shape index (κ2) is 7.32. The number of carbonyl (C=O) groups excluding carboxylic acids is 1. The lowest BCUT2D eigenvalue weighted by atomic mass is 10.00. The average molecular weight is 311 g/mol. The third-order valence-electron chi connectivity index (χ3n) is 3.84. The summed E-state index contributed by atoms with van der Waals surface area (Å²) < 4.78 is 5.61. The van der Waals surface area contributed by atoms with E-state index in [0.29, 0.717) is 0 Å². The Labute approximate surface area is 138 Å². The summed E-state index contributed by atoms with van der Waals surface area (Å²) >= 11 is 0. The van der Waals surface area contributed by atoms with Crippen LogP contribution in [0, 0.1) is 27.7 Å². The number of hydrogen-bond donors (Lipinski definition) is 1. The third kappa shape index (κ3) is 4.85. The van der Waals surface area contributed by atoms with E-state index in [0.717, 1.165) is 22.4 Å². The van der Waals surface area contributed by atoms with Crippen molar-refractivity contribution in [2.45, 2.75) is 40.7 Å². The first-order valence-electron chi connectivity index (χ1n) is 7.93. The molecule has 0 saturated carbocycles. The molecule has 0 saturated heterocycles. The average Bonchev–Trinajstić information content (AvgIpc) is 2.46. The lowest BCUT2D eigenvalue weighted by Gasteiger charge is -2.17. The van der Waals surface area contributed by atoms with Crippen LogP contribution >= 0.6 is 0 Å². The summed E-state index contributed by atoms with van der Waals surface area (Å²) in [4.78, 5) is 12.1. The third-order valence-corrected chi connectivity index (χ3v) is 3.84. The molecule has 0 heterocycles. The lowest BCUT2D eigenvalue weighted by Crippen LogP contribution is -2.31. The summed E-state index contributed by atoms with van der Waals surface area (Å²) in [7, 11) is 0. The van der Waals surface area contributed by atoms with Gasteiger partial charge in [0.25, 0.3) is 5.91 Å². The molecule has 0 aliphatic rings. The van der Waals surface area contributed by atoms with Gasteiger partial charge in [-0.25, -0.2) is 0 Å². The van der Waals surface area contributed by atoms with E-state index in [1.54, 1.807) is 0 Å². The van der Waals surface area contributed by atoms with Crippen LogP contribution in [0.2, 0.25) is 0 Å². The van der Waals surface area contributed by atoms with E-state index in [1.807, 2.05) is 32.9 Å². The van der Waals surface area contributed by atoms with Crippen molar-refractivity contribution in [1.29, 1.82) is 0 Å². The maximum absolute atomic E-state index is 12.1. The Morgan fingerprint density at radius 2 is 1.65 bits per heavy atom. The second-order valence-corrected chi connectivity index (χ2v) is 6.26. The fourth-order valence-electron chi connectivity index (χ4n) is 2.75. The van der Waals surface area contributed by atoms with Crippen LogP contribution in [0.1, 0.15) is 40.8 Å². The minimum absolute atomic E-state index is 0.0259. The first-order chi connectivity index (χ1) is 10.8. The summed E-state index contributed by atoms with van der Waals surface area (Å²) in [5, 5.41) is 3.00. The summed E-state index contributed by atoms with van der Waals surface area (Å²) in [6, 6.07) is 12.2. The summed E-state index contributed by atoms with van der Waals surface area (Å²) in [6.07, 6.45) is 0. The molecule has 2 rings (SSSR count). The Morgan fingerprint density at radius 1 is 1.00 bits per heavy atom. The molecule has 0 aliphatic carbocycles. The highest BCUT2D eigenvalue weighted by molar-refractivity contribution is 5.78. The molecule has 1 atom stereocenters. The van der Waals surface area contributed by atoms with E-state index in [4.69, 9.17) is 4.74 Å². The number of ether oxygens (including phenoxy) is 1. The molecule has 3 nitrogen and oxygen atoms in total. The van der Waals surface area contributed by atoms with E-state index in [1.165, 1.54) is 11.1 Å². The quantitative estimate of drug-likeness (QED) is 0.899. The van der Waals surface area contributed by atoms with Crippen molar-refractivity contribution in [2.75, 3.05) is 6.61 Å². The Morgan fingerprint density at radius 3 is 2.30 bits per heavy atom. The molecule has 0 unspecified atom stereocenters. The molecule has 23 heavy (non-hydrogen) atoms. The van der Waals surface area contributed by atoms with Crippen LogP contribution in [0.4, 0.5) is 0 Å². The number of hydrogen-bond acceptors (Lipinski definition) is 2. The van der Waals surface area contributed by atoms with Crippen molar-refractivity contribution in [3.05, 3.63) is 64.2 Å². The van der Waals surface area contributed by atoms with Gasteiger partial charge in [0.05, 0.1) is 6.04 Å². The van der Waals surface area contributed by atoms with Crippen molar-refractivity contribution in [3.8, 4) is 5.75 Å². The number of nitrogens with one attached hydrogen (secondary N) is 1. The maximum atomic E-state index is 12.1. The molecule has 0 bridgehead atoms. The zero-order chi connectivity index (χ0) is 17.0. The van der Waals surface area contributed by atoms with Gasteiger partial charge in [-0.2, -0.15) is 0 Å². The van der Waals surface area contributed by atoms with Gasteiger partial charge in [0.2, 0.25) is 0 Å². The number of carbonyl (C=O) groups is 1. The smallest absolute Gasteiger partial charge is 0.258 e. The van der Waals surface area contributed by atoms with Gasteiger partial charge in [-0.3, -0.25) is 4.79 Å². The molecule has 122 valence electrons. The minimum Gasteiger partial charge on any atom is -0.484 e. The van der Waals surface area contributed by atoms with E-state index < -0.39 is 0 Å². The van der Waals surface area contributed by atoms with Crippen molar-refractivity contribution >= 4 is 5.91 Å². The van der Waals surface area contributed by atoms with Gasteiger partial charge in [-0.15, -0.1) is 0 Å². The molecule has 2 aromatic carbocycles. The van der Waals surface area contributed by atoms with Crippen LogP contribution in [0.5, 0.6) is 5.75 Å². The van der Waals surface area contributed by atoms with Crippen LogP contribution in [0.3, 0.4) is 0 Å². The molecular weight excluding hydrogens is 286 g/mol. The molecule has 2 aromatic rings. The Balaban J connectivity index is 1.95. The van der Waals surface area contributed by atoms with E-state index in [2.05, 4.69) is 43.4 Å². The van der Waals surface area contributed by atoms with E-state index in [-0.39, 0.29) is 18.6 Å². The zero-order valence-corrected chi connectivity index (χ0v) is 14.6. The predicted octanol–water partition coefficient (Wildman–Crippen LogP) is 4.18. The van der Waals surface area contributed by atoms with Crippen LogP contribution in [-0.4, -0.2) is 12.5 Å². The summed E-state index contributed by atoms with van der Waals surface area (Å²) in [6.45, 7) is 10.2. The molecule has 0 spiro atoms. The Hall–Kier alpha value is -2.29. The summed E-state index contributed by atoms with van der Waals surface area (Å²) in [5.41, 5.74) is 5.77. The minimum atomic E-state index is -0.113. The highest BCUT2D eigenvalue weighted by Gasteiger charge is 2.12. The van der Waals surface area contributed by atoms with Crippen LogP contribution in [-0.2, 0) is 4.79 Å². The molecular formula is C20H25NO2. The number of aryl methyl sites for hydroxylation is 4. The standard InChI is InChI=1S/C20H25NO2/c1-13-6-7-16(4)19(11-13)17(5)21-20(22)12-23-18-9-14(2)8-15(3)10-18/h6-11,17H,12H2,1-5H3,(H,21,22)/t17-/m0/s1. The molecule has 0 aliphatic heterocycles. The Kier molecular flexibility index (Phi) is 5.43. The van der Waals surface area contributed by atoms with Crippen LogP contribution in [0.15, 0.2) is 36.4 Å². The fourth-order valence-corrected chi connectivity index (χ4v) is 2.75. The van der Waals surface area contributed by atoms with Gasteiger partial charge >= 0.3 is 0 Å². The van der Waals surface area contributed by atoms with Gasteiger partial charge in [-0.1, -0.05) is 29.8 Å². The van der Waals surface area contributed by atoms with Crippen molar-refractivity contribution in [1.82, 2.24) is 5.32 Å². The van der Waals surface area contributed by atoms with Crippen LogP contribution < -0.4 is 10.1 Å². The van der Waals surface area contributed by atoms with Gasteiger partial charge in [-0.05, 0) is 69.0 Å². The van der Waals surface area contributed by atoms with Crippen molar-refractivity contribution in [2.24, 2.45) is 0 Å². The maximum Gasteiger partial charge on any atom is 0.258 e. The van der Waals surface area contributed by atoms with Gasteiger partial charge in [0.15, 0.2) is 6.61 Å². The van der Waals surface area contributed by atoms with E-state index >= 15 is 0 Å². The zero-order valence-electron chi connectivity index (χ0n) is 14.6. The SMILES string of the molecule is Cc1cc(C)cc(OCC(=O)N[C@@H](C)c2cc(C)ccc2C)c1.